The van der Waals surface area contributed by atoms with Crippen LogP contribution in [0.2, 0.25) is 0 Å². The van der Waals surface area contributed by atoms with Gasteiger partial charge in [0.1, 0.15) is 11.5 Å². The summed E-state index contributed by atoms with van der Waals surface area (Å²) in [4.78, 5) is 26.5. The first-order valence-electron chi connectivity index (χ1n) is 8.91. The van der Waals surface area contributed by atoms with Gasteiger partial charge in [0.05, 0.1) is 6.54 Å². The molecule has 140 valence electrons. The number of hydrogen-bond donors (Lipinski definition) is 1. The summed E-state index contributed by atoms with van der Waals surface area (Å²) in [6.45, 7) is 3.32. The highest BCUT2D eigenvalue weighted by molar-refractivity contribution is 5.93. The van der Waals surface area contributed by atoms with Crippen LogP contribution >= 0.6 is 0 Å². The quantitative estimate of drug-likeness (QED) is 0.744. The summed E-state index contributed by atoms with van der Waals surface area (Å²) in [6, 6.07) is 9.81. The van der Waals surface area contributed by atoms with E-state index in [1.165, 1.54) is 0 Å². The van der Waals surface area contributed by atoms with E-state index in [0.29, 0.717) is 25.3 Å². The van der Waals surface area contributed by atoms with E-state index in [9.17, 15) is 9.59 Å². The number of rotatable bonds is 4. The van der Waals surface area contributed by atoms with Gasteiger partial charge in [-0.15, -0.1) is 0 Å². The van der Waals surface area contributed by atoms with Gasteiger partial charge in [-0.05, 0) is 30.5 Å². The van der Waals surface area contributed by atoms with Crippen LogP contribution in [-0.2, 0) is 6.54 Å². The Morgan fingerprint density at radius 1 is 1.22 bits per heavy atom. The van der Waals surface area contributed by atoms with Crippen molar-refractivity contribution in [2.45, 2.75) is 32.2 Å². The summed E-state index contributed by atoms with van der Waals surface area (Å²) in [6.07, 6.45) is 1.46. The fraction of sp³-hybridized carbons (Fsp3) is 0.389. The molecule has 9 nitrogen and oxygen atoms in total. The molecule has 2 aromatic heterocycles. The molecule has 0 atom stereocenters. The van der Waals surface area contributed by atoms with Crippen LogP contribution in [0.1, 0.15) is 46.3 Å². The monoisotopic (exact) mass is 368 g/mol. The van der Waals surface area contributed by atoms with Crippen molar-refractivity contribution in [2.75, 3.05) is 13.1 Å². The van der Waals surface area contributed by atoms with Gasteiger partial charge in [0.25, 0.3) is 5.91 Å². The Kier molecular flexibility index (Phi) is 4.57. The molecule has 0 radical (unpaired) electrons. The number of benzene rings is 1. The number of nitrogens with one attached hydrogen (secondary N) is 1. The van der Waals surface area contributed by atoms with Crippen molar-refractivity contribution >= 4 is 5.91 Å². The van der Waals surface area contributed by atoms with Gasteiger partial charge in [-0.2, -0.15) is 5.10 Å². The summed E-state index contributed by atoms with van der Waals surface area (Å²) >= 11 is 0. The van der Waals surface area contributed by atoms with E-state index in [0.717, 1.165) is 24.2 Å². The molecule has 3 heterocycles. The second kappa shape index (κ2) is 7.18. The number of likely N-dealkylation sites (tertiary alicyclic amines) is 1. The van der Waals surface area contributed by atoms with Crippen LogP contribution in [-0.4, -0.2) is 49.0 Å². The molecule has 1 fully saturated rings. The second-order valence-corrected chi connectivity index (χ2v) is 6.72. The predicted molar refractivity (Wildman–Crippen MR) is 95.3 cm³/mol. The lowest BCUT2D eigenvalue weighted by Gasteiger charge is -2.31. The summed E-state index contributed by atoms with van der Waals surface area (Å²) in [7, 11) is 0. The summed E-state index contributed by atoms with van der Waals surface area (Å²) in [5.74, 6) is 0.694. The third kappa shape index (κ3) is 3.40. The SMILES string of the molecule is Cc1nonc1C(=O)N1CCC(c2n[nH]c(=O)n2Cc2ccccc2)CC1. The fourth-order valence-corrected chi connectivity index (χ4v) is 3.48. The Balaban J connectivity index is 1.47. The minimum atomic E-state index is -0.211. The van der Waals surface area contributed by atoms with Gasteiger partial charge < -0.3 is 4.90 Å². The van der Waals surface area contributed by atoms with E-state index in [4.69, 9.17) is 0 Å². The van der Waals surface area contributed by atoms with Crippen molar-refractivity contribution in [3.8, 4) is 0 Å². The standard InChI is InChI=1S/C18H20N6O3/c1-12-15(22-27-21-12)17(25)23-9-7-14(8-10-23)16-19-20-18(26)24(16)11-13-5-3-2-4-6-13/h2-6,14H,7-11H2,1H3,(H,20,26). The molecular weight excluding hydrogens is 348 g/mol. The molecule has 0 aliphatic carbocycles. The van der Waals surface area contributed by atoms with Gasteiger partial charge in [-0.3, -0.25) is 9.36 Å². The van der Waals surface area contributed by atoms with Crippen LogP contribution < -0.4 is 5.69 Å². The highest BCUT2D eigenvalue weighted by Gasteiger charge is 2.30. The van der Waals surface area contributed by atoms with Crippen molar-refractivity contribution in [3.05, 3.63) is 63.6 Å². The smallest absolute Gasteiger partial charge is 0.337 e. The Labute approximate surface area is 155 Å². The van der Waals surface area contributed by atoms with E-state index in [1.807, 2.05) is 30.3 Å². The van der Waals surface area contributed by atoms with Crippen molar-refractivity contribution in [2.24, 2.45) is 0 Å². The largest absolute Gasteiger partial charge is 0.343 e. The fourth-order valence-electron chi connectivity index (χ4n) is 3.48. The zero-order valence-electron chi connectivity index (χ0n) is 15.0. The second-order valence-electron chi connectivity index (χ2n) is 6.72. The molecule has 1 N–H and O–H groups in total. The molecule has 0 unspecified atom stereocenters. The van der Waals surface area contributed by atoms with Crippen molar-refractivity contribution < 1.29 is 9.42 Å². The molecule has 1 saturated heterocycles. The first-order chi connectivity index (χ1) is 13.1. The molecule has 1 aliphatic heterocycles. The molecular formula is C18H20N6O3. The van der Waals surface area contributed by atoms with E-state index < -0.39 is 0 Å². The average molecular weight is 368 g/mol. The molecule has 1 aliphatic rings. The van der Waals surface area contributed by atoms with Gasteiger partial charge in [-0.1, -0.05) is 35.5 Å². The number of aromatic nitrogens is 5. The minimum absolute atomic E-state index is 0.119. The van der Waals surface area contributed by atoms with Crippen LogP contribution in [0.4, 0.5) is 0 Å². The zero-order valence-corrected chi connectivity index (χ0v) is 15.0. The van der Waals surface area contributed by atoms with Crippen LogP contribution in [0.3, 0.4) is 0 Å². The summed E-state index contributed by atoms with van der Waals surface area (Å²) in [5.41, 5.74) is 1.58. The molecule has 4 rings (SSSR count). The average Bonchev–Trinajstić information content (AvgIpc) is 3.28. The van der Waals surface area contributed by atoms with E-state index >= 15 is 0 Å². The van der Waals surface area contributed by atoms with Gasteiger partial charge in [0.2, 0.25) is 0 Å². The number of aryl methyl sites for hydroxylation is 1. The van der Waals surface area contributed by atoms with Crippen molar-refractivity contribution in [3.63, 3.8) is 0 Å². The number of nitrogens with zero attached hydrogens (tertiary/aromatic N) is 5. The molecule has 3 aromatic rings. The minimum Gasteiger partial charge on any atom is -0.337 e. The maximum atomic E-state index is 12.5. The topological polar surface area (TPSA) is 110 Å². The van der Waals surface area contributed by atoms with Crippen LogP contribution in [0.15, 0.2) is 39.8 Å². The number of hydrogen-bond acceptors (Lipinski definition) is 6. The first kappa shape index (κ1) is 17.2. The Morgan fingerprint density at radius 2 is 1.96 bits per heavy atom. The molecule has 9 heteroatoms. The number of amides is 1. The van der Waals surface area contributed by atoms with Crippen molar-refractivity contribution in [1.82, 2.24) is 30.0 Å². The number of H-pyrrole nitrogens is 1. The lowest BCUT2D eigenvalue weighted by atomic mass is 9.95. The molecule has 0 saturated carbocycles. The highest BCUT2D eigenvalue weighted by Crippen LogP contribution is 2.27. The van der Waals surface area contributed by atoms with Crippen LogP contribution in [0, 0.1) is 6.92 Å². The Hall–Kier alpha value is -3.23. The maximum absolute atomic E-state index is 12.5. The summed E-state index contributed by atoms with van der Waals surface area (Å²) < 4.78 is 6.31. The number of piperidine rings is 1. The van der Waals surface area contributed by atoms with E-state index in [1.54, 1.807) is 16.4 Å². The zero-order chi connectivity index (χ0) is 18.8. The number of carbonyl (C=O) groups is 1. The first-order valence-corrected chi connectivity index (χ1v) is 8.91. The number of carbonyl (C=O) groups excluding carboxylic acids is 1. The highest BCUT2D eigenvalue weighted by atomic mass is 16.6. The summed E-state index contributed by atoms with van der Waals surface area (Å²) in [5, 5.41) is 14.2. The molecule has 1 amide bonds. The van der Waals surface area contributed by atoms with Gasteiger partial charge in [0, 0.05) is 19.0 Å². The predicted octanol–water partition coefficient (Wildman–Crippen LogP) is 1.33. The lowest BCUT2D eigenvalue weighted by molar-refractivity contribution is 0.0698. The van der Waals surface area contributed by atoms with Gasteiger partial charge >= 0.3 is 5.69 Å². The maximum Gasteiger partial charge on any atom is 0.343 e. The van der Waals surface area contributed by atoms with E-state index in [2.05, 4.69) is 25.1 Å². The van der Waals surface area contributed by atoms with Crippen LogP contribution in [0.5, 0.6) is 0 Å². The number of aromatic amines is 1. The van der Waals surface area contributed by atoms with Gasteiger partial charge in [0.15, 0.2) is 5.69 Å². The molecule has 1 aromatic carbocycles. The van der Waals surface area contributed by atoms with Crippen molar-refractivity contribution in [1.29, 1.82) is 0 Å². The Morgan fingerprint density at radius 3 is 2.63 bits per heavy atom. The lowest BCUT2D eigenvalue weighted by Crippen LogP contribution is -2.39. The normalized spacial score (nSPS) is 15.2. The van der Waals surface area contributed by atoms with Gasteiger partial charge in [-0.25, -0.2) is 14.5 Å². The van der Waals surface area contributed by atoms with Crippen LogP contribution in [0.25, 0.3) is 0 Å². The molecule has 27 heavy (non-hydrogen) atoms. The third-order valence-corrected chi connectivity index (χ3v) is 4.97. The van der Waals surface area contributed by atoms with E-state index in [-0.39, 0.29) is 23.2 Å². The molecule has 0 spiro atoms. The molecule has 0 bridgehead atoms. The Bertz CT molecular complexity index is 982. The third-order valence-electron chi connectivity index (χ3n) is 4.97.